The average Bonchev–Trinajstić information content (AvgIpc) is 2.68. The Bertz CT molecular complexity index is 243. The molecule has 52 valence electrons. The molecule has 0 unspecified atom stereocenters. The van der Waals surface area contributed by atoms with Crippen LogP contribution in [0.5, 0.6) is 0 Å². The van der Waals surface area contributed by atoms with Crippen molar-refractivity contribution in [1.82, 2.24) is 0 Å². The molecule has 1 saturated carbocycles. The summed E-state index contributed by atoms with van der Waals surface area (Å²) in [6.07, 6.45) is 3.51. The van der Waals surface area contributed by atoms with Crippen LogP contribution in [0.25, 0.3) is 0 Å². The molecule has 11 heavy (non-hydrogen) atoms. The van der Waals surface area contributed by atoms with Gasteiger partial charge in [-0.2, -0.15) is 12.3 Å². The van der Waals surface area contributed by atoms with Gasteiger partial charge in [-0.25, -0.2) is 0 Å². The van der Waals surface area contributed by atoms with Crippen LogP contribution >= 0.6 is 11.6 Å². The van der Waals surface area contributed by atoms with Crippen molar-refractivity contribution < 1.29 is 51.4 Å². The van der Waals surface area contributed by atoms with Gasteiger partial charge in [-0.05, 0) is 12.1 Å². The van der Waals surface area contributed by atoms with Crippen molar-refractivity contribution >= 4 is 11.6 Å². The van der Waals surface area contributed by atoms with Crippen LogP contribution < -0.4 is 51.4 Å². The molecule has 0 spiro atoms. The molecule has 0 heterocycles. The Balaban J connectivity index is 0.000000605. The van der Waals surface area contributed by atoms with Gasteiger partial charge in [0.15, 0.2) is 0 Å². The van der Waals surface area contributed by atoms with Crippen molar-refractivity contribution in [3.05, 3.63) is 41.3 Å². The number of benzene rings is 1. The first kappa shape index (κ1) is 10.2. The van der Waals surface area contributed by atoms with E-state index in [1.165, 1.54) is 12.0 Å². The molecule has 1 aromatic carbocycles. The van der Waals surface area contributed by atoms with E-state index >= 15 is 0 Å². The monoisotopic (exact) mass is 190 g/mol. The van der Waals surface area contributed by atoms with Crippen LogP contribution in [0.4, 0.5) is 0 Å². The van der Waals surface area contributed by atoms with Gasteiger partial charge < -0.3 is 6.42 Å². The van der Waals surface area contributed by atoms with Crippen molar-refractivity contribution in [1.29, 1.82) is 0 Å². The topological polar surface area (TPSA) is 0 Å². The number of rotatable bonds is 1. The first-order valence-corrected chi connectivity index (χ1v) is 3.83. The van der Waals surface area contributed by atoms with Crippen LogP contribution in [0.3, 0.4) is 0 Å². The zero-order chi connectivity index (χ0) is 6.97. The van der Waals surface area contributed by atoms with Gasteiger partial charge in [0.25, 0.3) is 0 Å². The van der Waals surface area contributed by atoms with E-state index < -0.39 is 0 Å². The fourth-order valence-corrected chi connectivity index (χ4v) is 1.28. The maximum Gasteiger partial charge on any atom is 1.00 e. The largest absolute Gasteiger partial charge is 1.00 e. The molecule has 1 aliphatic rings. The van der Waals surface area contributed by atoms with Crippen LogP contribution in [-0.4, -0.2) is 0 Å². The van der Waals surface area contributed by atoms with Gasteiger partial charge in [-0.15, -0.1) is 0 Å². The minimum Gasteiger partial charge on any atom is -0.325 e. The van der Waals surface area contributed by atoms with Gasteiger partial charge in [-0.3, -0.25) is 0 Å². The third kappa shape index (κ3) is 2.83. The molecule has 0 N–H and O–H groups in total. The van der Waals surface area contributed by atoms with E-state index in [-0.39, 0.29) is 51.4 Å². The van der Waals surface area contributed by atoms with E-state index in [2.05, 4.69) is 12.5 Å². The van der Waals surface area contributed by atoms with Crippen molar-refractivity contribution in [3.63, 3.8) is 0 Å². The van der Waals surface area contributed by atoms with Crippen LogP contribution in [0.15, 0.2) is 24.3 Å². The maximum absolute atomic E-state index is 5.80. The molecule has 0 radical (unpaired) electrons. The Hall–Kier alpha value is 1.15. The van der Waals surface area contributed by atoms with E-state index in [0.29, 0.717) is 5.92 Å². The summed E-state index contributed by atoms with van der Waals surface area (Å²) >= 11 is 5.80. The summed E-state index contributed by atoms with van der Waals surface area (Å²) in [5, 5.41) is 0.845. The maximum atomic E-state index is 5.80. The van der Waals surface area contributed by atoms with E-state index in [9.17, 15) is 0 Å². The molecule has 1 aliphatic carbocycles. The van der Waals surface area contributed by atoms with Crippen LogP contribution in [0.2, 0.25) is 5.02 Å². The summed E-state index contributed by atoms with van der Waals surface area (Å²) in [5.74, 6) is 0.693. The van der Waals surface area contributed by atoms with Gasteiger partial charge in [0.1, 0.15) is 0 Å². The second-order valence-electron chi connectivity index (χ2n) is 2.63. The van der Waals surface area contributed by atoms with E-state index in [1.807, 2.05) is 18.2 Å². The van der Waals surface area contributed by atoms with E-state index in [4.69, 9.17) is 11.6 Å². The SMILES string of the molecule is Clc1cccc([C@@H]2[CH-]C2)c1.[K+]. The van der Waals surface area contributed by atoms with Gasteiger partial charge in [0, 0.05) is 5.02 Å². The molecule has 2 rings (SSSR count). The van der Waals surface area contributed by atoms with Crippen LogP contribution in [-0.2, 0) is 0 Å². The molecule has 0 bridgehead atoms. The summed E-state index contributed by atoms with van der Waals surface area (Å²) in [6, 6.07) is 8.08. The van der Waals surface area contributed by atoms with E-state index in [1.54, 1.807) is 0 Å². The average molecular weight is 191 g/mol. The van der Waals surface area contributed by atoms with Gasteiger partial charge in [-0.1, -0.05) is 29.3 Å². The predicted octanol–water partition coefficient (Wildman–Crippen LogP) is 0.0356. The molecular formula is C9H8ClK. The smallest absolute Gasteiger partial charge is 0.325 e. The second-order valence-corrected chi connectivity index (χ2v) is 3.07. The molecule has 1 aromatic rings. The molecule has 1 fully saturated rings. The number of halogens is 1. The molecule has 0 amide bonds. The summed E-state index contributed by atoms with van der Waals surface area (Å²) in [6.45, 7) is 0. The molecular weight excluding hydrogens is 183 g/mol. The Morgan fingerprint density at radius 3 is 2.73 bits per heavy atom. The zero-order valence-electron chi connectivity index (χ0n) is 6.55. The molecule has 1 atom stereocenters. The number of hydrogen-bond acceptors (Lipinski definition) is 0. The van der Waals surface area contributed by atoms with Crippen LogP contribution in [0, 0.1) is 6.42 Å². The molecule has 0 nitrogen and oxygen atoms in total. The Labute approximate surface area is 115 Å². The number of hydrogen-bond donors (Lipinski definition) is 0. The fourth-order valence-electron chi connectivity index (χ4n) is 1.08. The van der Waals surface area contributed by atoms with Crippen molar-refractivity contribution in [2.45, 2.75) is 12.3 Å². The van der Waals surface area contributed by atoms with Gasteiger partial charge >= 0.3 is 51.4 Å². The summed E-state index contributed by atoms with van der Waals surface area (Å²) < 4.78 is 0. The molecule has 0 aliphatic heterocycles. The van der Waals surface area contributed by atoms with Gasteiger partial charge in [0.2, 0.25) is 0 Å². The van der Waals surface area contributed by atoms with Gasteiger partial charge in [0.05, 0.1) is 0 Å². The quantitative estimate of drug-likeness (QED) is 0.433. The van der Waals surface area contributed by atoms with Crippen molar-refractivity contribution in [3.8, 4) is 0 Å². The Morgan fingerprint density at radius 2 is 2.18 bits per heavy atom. The van der Waals surface area contributed by atoms with Crippen LogP contribution in [0.1, 0.15) is 17.9 Å². The second kappa shape index (κ2) is 4.40. The first-order valence-electron chi connectivity index (χ1n) is 3.45. The summed E-state index contributed by atoms with van der Waals surface area (Å²) in [4.78, 5) is 0. The Kier molecular flexibility index (Phi) is 4.09. The predicted molar refractivity (Wildman–Crippen MR) is 43.1 cm³/mol. The Morgan fingerprint density at radius 1 is 1.45 bits per heavy atom. The minimum absolute atomic E-state index is 0. The third-order valence-corrected chi connectivity index (χ3v) is 1.98. The zero-order valence-corrected chi connectivity index (χ0v) is 10.4. The summed E-state index contributed by atoms with van der Waals surface area (Å²) in [5.41, 5.74) is 1.35. The normalized spacial score (nSPS) is 20.6. The molecule has 0 saturated heterocycles. The minimum atomic E-state index is 0. The molecule has 2 heteroatoms. The van der Waals surface area contributed by atoms with Crippen molar-refractivity contribution in [2.24, 2.45) is 0 Å². The molecule has 0 aromatic heterocycles. The standard InChI is InChI=1S/C9H8Cl.K/c10-9-3-1-2-8(6-9)7-4-5-7;/h1-4,6-7H,5H2;/q-1;+1/t7-;/m1./s1. The van der Waals surface area contributed by atoms with Crippen molar-refractivity contribution in [2.75, 3.05) is 0 Å². The first-order chi connectivity index (χ1) is 4.86. The fraction of sp³-hybridized carbons (Fsp3) is 0.222. The van der Waals surface area contributed by atoms with E-state index in [0.717, 1.165) is 5.02 Å². The summed E-state index contributed by atoms with van der Waals surface area (Å²) in [7, 11) is 0. The third-order valence-electron chi connectivity index (χ3n) is 1.75.